The number of benzene rings is 1. The molecule has 1 aromatic rings. The summed E-state index contributed by atoms with van der Waals surface area (Å²) < 4.78 is 10.3. The standard InChI is InChI=1S/C16H26N2O3/c1-16(2,12-5-7-13(20-3)8-6-12)11-18-15(19)9-14(10-17)21-4/h5-8,14H,9-11,17H2,1-4H3,(H,18,19). The first kappa shape index (κ1) is 17.5. The van der Waals surface area contributed by atoms with Crippen LogP contribution in [0, 0.1) is 0 Å². The van der Waals surface area contributed by atoms with Gasteiger partial charge in [0.25, 0.3) is 0 Å². The van der Waals surface area contributed by atoms with Gasteiger partial charge < -0.3 is 20.5 Å². The Morgan fingerprint density at radius 2 is 1.90 bits per heavy atom. The van der Waals surface area contributed by atoms with E-state index in [4.69, 9.17) is 15.2 Å². The Hall–Kier alpha value is -1.59. The van der Waals surface area contributed by atoms with Crippen LogP contribution in [0.3, 0.4) is 0 Å². The van der Waals surface area contributed by atoms with Gasteiger partial charge in [-0.05, 0) is 17.7 Å². The fourth-order valence-corrected chi connectivity index (χ4v) is 2.01. The van der Waals surface area contributed by atoms with E-state index in [-0.39, 0.29) is 23.8 Å². The Morgan fingerprint density at radius 1 is 1.29 bits per heavy atom. The van der Waals surface area contributed by atoms with Gasteiger partial charge in [0.1, 0.15) is 5.75 Å². The van der Waals surface area contributed by atoms with Crippen LogP contribution in [0.2, 0.25) is 0 Å². The van der Waals surface area contributed by atoms with Gasteiger partial charge in [-0.25, -0.2) is 0 Å². The Bertz CT molecular complexity index is 439. The van der Waals surface area contributed by atoms with Gasteiger partial charge in [0.15, 0.2) is 0 Å². The zero-order valence-corrected chi connectivity index (χ0v) is 13.3. The predicted molar refractivity (Wildman–Crippen MR) is 83.5 cm³/mol. The molecule has 0 saturated heterocycles. The monoisotopic (exact) mass is 294 g/mol. The lowest BCUT2D eigenvalue weighted by Crippen LogP contribution is -2.39. The van der Waals surface area contributed by atoms with E-state index in [2.05, 4.69) is 19.2 Å². The molecule has 0 bridgehead atoms. The molecular weight excluding hydrogens is 268 g/mol. The molecule has 1 amide bonds. The molecule has 1 aromatic carbocycles. The van der Waals surface area contributed by atoms with E-state index in [0.717, 1.165) is 11.3 Å². The van der Waals surface area contributed by atoms with E-state index in [0.29, 0.717) is 13.1 Å². The van der Waals surface area contributed by atoms with Crippen molar-refractivity contribution in [3.63, 3.8) is 0 Å². The maximum atomic E-state index is 11.9. The molecule has 0 aliphatic carbocycles. The summed E-state index contributed by atoms with van der Waals surface area (Å²) in [6.45, 7) is 5.07. The molecule has 1 atom stereocenters. The molecule has 0 radical (unpaired) electrons. The highest BCUT2D eigenvalue weighted by Crippen LogP contribution is 2.24. The molecule has 3 N–H and O–H groups in total. The van der Waals surface area contributed by atoms with Crippen molar-refractivity contribution in [3.05, 3.63) is 29.8 Å². The van der Waals surface area contributed by atoms with Crippen LogP contribution in [-0.4, -0.2) is 39.3 Å². The summed E-state index contributed by atoms with van der Waals surface area (Å²) in [5.74, 6) is 0.776. The van der Waals surface area contributed by atoms with Crippen LogP contribution in [-0.2, 0) is 14.9 Å². The number of ether oxygens (including phenoxy) is 2. The van der Waals surface area contributed by atoms with Crippen LogP contribution in [0.4, 0.5) is 0 Å². The van der Waals surface area contributed by atoms with Gasteiger partial charge in [-0.15, -0.1) is 0 Å². The maximum Gasteiger partial charge on any atom is 0.222 e. The van der Waals surface area contributed by atoms with Crippen LogP contribution >= 0.6 is 0 Å². The highest BCUT2D eigenvalue weighted by atomic mass is 16.5. The average Bonchev–Trinajstić information content (AvgIpc) is 2.50. The third-order valence-electron chi connectivity index (χ3n) is 3.61. The fourth-order valence-electron chi connectivity index (χ4n) is 2.01. The number of rotatable bonds is 8. The molecule has 5 nitrogen and oxygen atoms in total. The molecule has 21 heavy (non-hydrogen) atoms. The highest BCUT2D eigenvalue weighted by molar-refractivity contribution is 5.76. The maximum absolute atomic E-state index is 11.9. The Kier molecular flexibility index (Phi) is 6.65. The quantitative estimate of drug-likeness (QED) is 0.761. The Labute approximate surface area is 126 Å². The van der Waals surface area contributed by atoms with Crippen molar-refractivity contribution in [2.24, 2.45) is 5.73 Å². The fraction of sp³-hybridized carbons (Fsp3) is 0.562. The molecule has 0 aliphatic rings. The van der Waals surface area contributed by atoms with Gasteiger partial charge in [-0.1, -0.05) is 26.0 Å². The second-order valence-electron chi connectivity index (χ2n) is 5.69. The Morgan fingerprint density at radius 3 is 2.38 bits per heavy atom. The first-order valence-corrected chi connectivity index (χ1v) is 7.07. The topological polar surface area (TPSA) is 73.6 Å². The van der Waals surface area contributed by atoms with Crippen molar-refractivity contribution in [3.8, 4) is 5.75 Å². The molecule has 0 fully saturated rings. The van der Waals surface area contributed by atoms with Crippen LogP contribution in [0.5, 0.6) is 5.75 Å². The van der Waals surface area contributed by atoms with Gasteiger partial charge in [0.2, 0.25) is 5.91 Å². The van der Waals surface area contributed by atoms with E-state index in [1.807, 2.05) is 24.3 Å². The second-order valence-corrected chi connectivity index (χ2v) is 5.69. The molecular formula is C16H26N2O3. The summed E-state index contributed by atoms with van der Waals surface area (Å²) in [6, 6.07) is 7.88. The molecule has 0 heterocycles. The summed E-state index contributed by atoms with van der Waals surface area (Å²) in [6.07, 6.45) is 0.0557. The third-order valence-corrected chi connectivity index (χ3v) is 3.61. The summed E-state index contributed by atoms with van der Waals surface area (Å²) >= 11 is 0. The van der Waals surface area contributed by atoms with Gasteiger partial charge in [-0.3, -0.25) is 4.79 Å². The van der Waals surface area contributed by atoms with E-state index < -0.39 is 0 Å². The predicted octanol–water partition coefficient (Wildman–Crippen LogP) is 1.45. The molecule has 5 heteroatoms. The zero-order chi connectivity index (χ0) is 15.9. The first-order valence-electron chi connectivity index (χ1n) is 7.07. The van der Waals surface area contributed by atoms with Crippen molar-refractivity contribution < 1.29 is 14.3 Å². The largest absolute Gasteiger partial charge is 0.497 e. The minimum Gasteiger partial charge on any atom is -0.497 e. The van der Waals surface area contributed by atoms with Crippen molar-refractivity contribution in [1.29, 1.82) is 0 Å². The molecule has 0 aliphatic heterocycles. The summed E-state index contributed by atoms with van der Waals surface area (Å²) in [5, 5.41) is 2.94. The smallest absolute Gasteiger partial charge is 0.222 e. The number of hydrogen-bond donors (Lipinski definition) is 2. The lowest BCUT2D eigenvalue weighted by Gasteiger charge is -2.26. The number of amides is 1. The van der Waals surface area contributed by atoms with Crippen LogP contribution in [0.1, 0.15) is 25.8 Å². The lowest BCUT2D eigenvalue weighted by atomic mass is 9.84. The van der Waals surface area contributed by atoms with E-state index >= 15 is 0 Å². The molecule has 0 aromatic heterocycles. The normalized spacial score (nSPS) is 12.8. The molecule has 1 rings (SSSR count). The van der Waals surface area contributed by atoms with Gasteiger partial charge in [0, 0.05) is 25.6 Å². The SMILES string of the molecule is COc1ccc(C(C)(C)CNC(=O)CC(CN)OC)cc1. The van der Waals surface area contributed by atoms with Crippen molar-refractivity contribution in [2.75, 3.05) is 27.3 Å². The minimum atomic E-state index is -0.228. The summed E-state index contributed by atoms with van der Waals surface area (Å²) in [5.41, 5.74) is 6.50. The van der Waals surface area contributed by atoms with Gasteiger partial charge in [0.05, 0.1) is 19.6 Å². The van der Waals surface area contributed by atoms with Crippen molar-refractivity contribution in [1.82, 2.24) is 5.32 Å². The number of nitrogens with two attached hydrogens (primary N) is 1. The number of methoxy groups -OCH3 is 2. The second kappa shape index (κ2) is 8.00. The van der Waals surface area contributed by atoms with Crippen molar-refractivity contribution >= 4 is 5.91 Å². The van der Waals surface area contributed by atoms with E-state index in [1.165, 1.54) is 0 Å². The van der Waals surface area contributed by atoms with Gasteiger partial charge >= 0.3 is 0 Å². The number of carbonyl (C=O) groups excluding carboxylic acids is 1. The first-order chi connectivity index (χ1) is 9.92. The zero-order valence-electron chi connectivity index (χ0n) is 13.3. The molecule has 0 saturated carbocycles. The third kappa shape index (κ3) is 5.36. The number of hydrogen-bond acceptors (Lipinski definition) is 4. The van der Waals surface area contributed by atoms with Crippen LogP contribution < -0.4 is 15.8 Å². The average molecular weight is 294 g/mol. The van der Waals surface area contributed by atoms with E-state index in [9.17, 15) is 4.79 Å². The van der Waals surface area contributed by atoms with Crippen LogP contribution in [0.25, 0.3) is 0 Å². The highest BCUT2D eigenvalue weighted by Gasteiger charge is 2.22. The van der Waals surface area contributed by atoms with E-state index in [1.54, 1.807) is 14.2 Å². The van der Waals surface area contributed by atoms with Gasteiger partial charge in [-0.2, -0.15) is 0 Å². The Balaban J connectivity index is 2.57. The molecule has 118 valence electrons. The summed E-state index contributed by atoms with van der Waals surface area (Å²) in [7, 11) is 3.20. The lowest BCUT2D eigenvalue weighted by molar-refractivity contribution is -0.123. The van der Waals surface area contributed by atoms with Crippen molar-refractivity contribution in [2.45, 2.75) is 31.8 Å². The minimum absolute atomic E-state index is 0.0473. The number of carbonyl (C=O) groups is 1. The molecule has 0 spiro atoms. The van der Waals surface area contributed by atoms with Crippen LogP contribution in [0.15, 0.2) is 24.3 Å². The molecule has 1 unspecified atom stereocenters. The summed E-state index contributed by atoms with van der Waals surface area (Å²) in [4.78, 5) is 11.9. The number of nitrogens with one attached hydrogen (secondary N) is 1.